The molecular formula is C14H18N2O4S. The largest absolute Gasteiger partial charge is 0.395 e. The minimum atomic E-state index is -3.73. The van der Waals surface area contributed by atoms with Gasteiger partial charge in [-0.05, 0) is 30.7 Å². The van der Waals surface area contributed by atoms with Crippen molar-refractivity contribution in [3.05, 3.63) is 29.3 Å². The zero-order valence-electron chi connectivity index (χ0n) is 11.9. The van der Waals surface area contributed by atoms with Crippen molar-refractivity contribution in [1.29, 1.82) is 0 Å². The van der Waals surface area contributed by atoms with Crippen LogP contribution in [0.2, 0.25) is 0 Å². The molecule has 0 saturated heterocycles. The average Bonchev–Trinajstić information content (AvgIpc) is 2.46. The number of aryl methyl sites for hydroxylation is 1. The van der Waals surface area contributed by atoms with E-state index in [9.17, 15) is 13.2 Å². The smallest absolute Gasteiger partial charge is 0.241 e. The summed E-state index contributed by atoms with van der Waals surface area (Å²) in [7, 11) is -2.30. The van der Waals surface area contributed by atoms with Crippen LogP contribution in [0.5, 0.6) is 0 Å². The summed E-state index contributed by atoms with van der Waals surface area (Å²) in [5.74, 6) is 5.23. The van der Waals surface area contributed by atoms with E-state index in [1.54, 1.807) is 13.0 Å². The molecule has 21 heavy (non-hydrogen) atoms. The summed E-state index contributed by atoms with van der Waals surface area (Å²) in [5.41, 5.74) is 1.41. The number of aliphatic hydroxyl groups is 1. The van der Waals surface area contributed by atoms with E-state index < -0.39 is 15.9 Å². The van der Waals surface area contributed by atoms with Gasteiger partial charge in [0.05, 0.1) is 18.0 Å². The number of likely N-dealkylation sites (N-methyl/N-ethyl adjacent to an activating group) is 1. The van der Waals surface area contributed by atoms with Crippen LogP contribution in [0, 0.1) is 18.8 Å². The monoisotopic (exact) mass is 310 g/mol. The Hall–Kier alpha value is -1.88. The lowest BCUT2D eigenvalue weighted by Crippen LogP contribution is -2.35. The van der Waals surface area contributed by atoms with Gasteiger partial charge in [0.1, 0.15) is 0 Å². The summed E-state index contributed by atoms with van der Waals surface area (Å²) >= 11 is 0. The fourth-order valence-corrected chi connectivity index (χ4v) is 2.56. The lowest BCUT2D eigenvalue weighted by molar-refractivity contribution is -0.119. The Labute approximate surface area is 124 Å². The predicted octanol–water partition coefficient (Wildman–Crippen LogP) is -0.247. The molecule has 6 nitrogen and oxygen atoms in total. The van der Waals surface area contributed by atoms with Crippen molar-refractivity contribution >= 4 is 15.9 Å². The van der Waals surface area contributed by atoms with Gasteiger partial charge in [0.15, 0.2) is 0 Å². The molecule has 0 unspecified atom stereocenters. The average molecular weight is 310 g/mol. The van der Waals surface area contributed by atoms with Crippen LogP contribution in [0.15, 0.2) is 23.1 Å². The fraction of sp³-hybridized carbons (Fsp3) is 0.357. The van der Waals surface area contributed by atoms with Crippen molar-refractivity contribution in [2.24, 2.45) is 0 Å². The van der Waals surface area contributed by atoms with Gasteiger partial charge in [-0.3, -0.25) is 4.79 Å². The summed E-state index contributed by atoms with van der Waals surface area (Å²) in [4.78, 5) is 11.2. The minimum Gasteiger partial charge on any atom is -0.395 e. The molecule has 0 fully saturated rings. The number of rotatable bonds is 5. The molecule has 0 aliphatic carbocycles. The van der Waals surface area contributed by atoms with Crippen LogP contribution in [0.3, 0.4) is 0 Å². The second kappa shape index (κ2) is 7.78. The second-order valence-corrected chi connectivity index (χ2v) is 6.02. The molecular weight excluding hydrogens is 292 g/mol. The zero-order chi connectivity index (χ0) is 15.9. The first-order valence-electron chi connectivity index (χ1n) is 6.31. The molecule has 0 aliphatic heterocycles. The molecule has 114 valence electrons. The number of hydrogen-bond donors (Lipinski definition) is 3. The van der Waals surface area contributed by atoms with Gasteiger partial charge in [-0.1, -0.05) is 11.8 Å². The van der Waals surface area contributed by atoms with Crippen LogP contribution >= 0.6 is 0 Å². The molecule has 0 saturated carbocycles. The molecule has 0 radical (unpaired) electrons. The minimum absolute atomic E-state index is 0.0120. The van der Waals surface area contributed by atoms with Crippen molar-refractivity contribution in [3.8, 4) is 11.8 Å². The van der Waals surface area contributed by atoms with E-state index in [0.717, 1.165) is 0 Å². The third-order valence-corrected chi connectivity index (χ3v) is 4.07. The Bertz CT molecular complexity index is 672. The van der Waals surface area contributed by atoms with Crippen molar-refractivity contribution in [3.63, 3.8) is 0 Å². The normalized spacial score (nSPS) is 10.6. The number of sulfonamides is 1. The Morgan fingerprint density at radius 3 is 2.67 bits per heavy atom. The standard InChI is InChI=1S/C14H18N2O4S/c1-11-9-13(7-6-12(11)5-3-4-8-17)21(19,20)16-10-14(18)15-2/h6-7,9,16-17H,4,8,10H2,1-2H3,(H,15,18). The molecule has 1 rings (SSSR count). The molecule has 0 heterocycles. The van der Waals surface area contributed by atoms with E-state index >= 15 is 0 Å². The van der Waals surface area contributed by atoms with Gasteiger partial charge < -0.3 is 10.4 Å². The molecule has 0 bridgehead atoms. The van der Waals surface area contributed by atoms with Gasteiger partial charge in [-0.25, -0.2) is 13.1 Å². The third kappa shape index (κ3) is 5.19. The lowest BCUT2D eigenvalue weighted by Gasteiger charge is -2.07. The number of aliphatic hydroxyl groups excluding tert-OH is 1. The molecule has 7 heteroatoms. The quantitative estimate of drug-likeness (QED) is 0.654. The van der Waals surface area contributed by atoms with E-state index in [0.29, 0.717) is 17.5 Å². The van der Waals surface area contributed by atoms with Crippen molar-refractivity contribution in [2.45, 2.75) is 18.2 Å². The number of hydrogen-bond acceptors (Lipinski definition) is 4. The maximum absolute atomic E-state index is 12.0. The van der Waals surface area contributed by atoms with Crippen molar-refractivity contribution in [1.82, 2.24) is 10.0 Å². The van der Waals surface area contributed by atoms with Gasteiger partial charge in [-0.2, -0.15) is 0 Å². The maximum Gasteiger partial charge on any atom is 0.241 e. The SMILES string of the molecule is CNC(=O)CNS(=O)(=O)c1ccc(C#CCCO)c(C)c1. The predicted molar refractivity (Wildman–Crippen MR) is 79.0 cm³/mol. The number of amides is 1. The van der Waals surface area contributed by atoms with Crippen LogP contribution in [0.4, 0.5) is 0 Å². The molecule has 0 aromatic heterocycles. The van der Waals surface area contributed by atoms with Gasteiger partial charge in [0.2, 0.25) is 15.9 Å². The molecule has 1 amide bonds. The van der Waals surface area contributed by atoms with Crippen molar-refractivity contribution < 1.29 is 18.3 Å². The number of carbonyl (C=O) groups is 1. The topological polar surface area (TPSA) is 95.5 Å². The third-order valence-electron chi connectivity index (χ3n) is 2.67. The highest BCUT2D eigenvalue weighted by molar-refractivity contribution is 7.89. The van der Waals surface area contributed by atoms with E-state index in [1.807, 2.05) is 0 Å². The highest BCUT2D eigenvalue weighted by Gasteiger charge is 2.15. The Morgan fingerprint density at radius 2 is 2.10 bits per heavy atom. The van der Waals surface area contributed by atoms with E-state index in [2.05, 4.69) is 21.9 Å². The first-order chi connectivity index (χ1) is 9.90. The summed E-state index contributed by atoms with van der Waals surface area (Å²) < 4.78 is 26.2. The maximum atomic E-state index is 12.0. The Balaban J connectivity index is 2.93. The van der Waals surface area contributed by atoms with E-state index in [1.165, 1.54) is 19.2 Å². The van der Waals surface area contributed by atoms with Crippen LogP contribution in [-0.4, -0.2) is 39.6 Å². The van der Waals surface area contributed by atoms with Gasteiger partial charge in [0, 0.05) is 19.0 Å². The molecule has 0 atom stereocenters. The van der Waals surface area contributed by atoms with Gasteiger partial charge in [0.25, 0.3) is 0 Å². The molecule has 3 N–H and O–H groups in total. The molecule has 1 aromatic carbocycles. The first kappa shape index (κ1) is 17.2. The molecule has 0 aliphatic rings. The lowest BCUT2D eigenvalue weighted by atomic mass is 10.1. The van der Waals surface area contributed by atoms with Crippen molar-refractivity contribution in [2.75, 3.05) is 20.2 Å². The van der Waals surface area contributed by atoms with E-state index in [-0.39, 0.29) is 18.0 Å². The number of carbonyl (C=O) groups excluding carboxylic acids is 1. The summed E-state index contributed by atoms with van der Waals surface area (Å²) in [6.45, 7) is 1.43. The highest BCUT2D eigenvalue weighted by atomic mass is 32.2. The highest BCUT2D eigenvalue weighted by Crippen LogP contribution is 2.14. The number of nitrogens with one attached hydrogen (secondary N) is 2. The molecule has 0 spiro atoms. The summed E-state index contributed by atoms with van der Waals surface area (Å²) in [5, 5.41) is 11.0. The Morgan fingerprint density at radius 1 is 1.38 bits per heavy atom. The molecule has 1 aromatic rings. The van der Waals surface area contributed by atoms with Crippen LogP contribution in [0.25, 0.3) is 0 Å². The summed E-state index contributed by atoms with van der Waals surface area (Å²) in [6, 6.07) is 4.53. The first-order valence-corrected chi connectivity index (χ1v) is 7.79. The zero-order valence-corrected chi connectivity index (χ0v) is 12.8. The second-order valence-electron chi connectivity index (χ2n) is 4.25. The fourth-order valence-electron chi connectivity index (χ4n) is 1.49. The summed E-state index contributed by atoms with van der Waals surface area (Å²) in [6.07, 6.45) is 0.368. The van der Waals surface area contributed by atoms with E-state index in [4.69, 9.17) is 5.11 Å². The van der Waals surface area contributed by atoms with Gasteiger partial charge in [-0.15, -0.1) is 0 Å². The van der Waals surface area contributed by atoms with Crippen LogP contribution in [-0.2, 0) is 14.8 Å². The Kier molecular flexibility index (Phi) is 6.37. The number of benzene rings is 1. The van der Waals surface area contributed by atoms with Crippen LogP contribution in [0.1, 0.15) is 17.5 Å². The van der Waals surface area contributed by atoms with Crippen LogP contribution < -0.4 is 10.0 Å². The van der Waals surface area contributed by atoms with Gasteiger partial charge >= 0.3 is 0 Å².